The first-order chi connectivity index (χ1) is 22.3. The first-order valence-electron chi connectivity index (χ1n) is 14.5. The first kappa shape index (κ1) is 34.9. The van der Waals surface area contributed by atoms with Gasteiger partial charge in [0.15, 0.2) is 11.5 Å². The van der Waals surface area contributed by atoms with E-state index in [1.54, 1.807) is 48.5 Å². The van der Waals surface area contributed by atoms with Gasteiger partial charge in [-0.05, 0) is 86.3 Å². The SMILES string of the molecule is C=CC(=O)OCCCCOc1ccc(C(=O)Oc2ccc(OC(=O)c3ccc(OCCCCOC(=O)C=C)cc3)c(OC)c2)cc1. The van der Waals surface area contributed by atoms with Crippen LogP contribution < -0.4 is 23.7 Å². The summed E-state index contributed by atoms with van der Waals surface area (Å²) in [7, 11) is 1.40. The van der Waals surface area contributed by atoms with Crippen LogP contribution in [0.1, 0.15) is 46.4 Å². The molecule has 46 heavy (non-hydrogen) atoms. The molecule has 11 nitrogen and oxygen atoms in total. The Labute approximate surface area is 267 Å². The molecule has 0 radical (unpaired) electrons. The second-order valence-electron chi connectivity index (χ2n) is 9.49. The number of carbonyl (C=O) groups is 4. The van der Waals surface area contributed by atoms with Crippen molar-refractivity contribution in [3.63, 3.8) is 0 Å². The van der Waals surface area contributed by atoms with Crippen LogP contribution in [-0.2, 0) is 19.1 Å². The quantitative estimate of drug-likeness (QED) is 0.0676. The number of ether oxygens (including phenoxy) is 7. The molecule has 242 valence electrons. The van der Waals surface area contributed by atoms with Gasteiger partial charge in [-0.2, -0.15) is 0 Å². The first-order valence-corrected chi connectivity index (χ1v) is 14.5. The van der Waals surface area contributed by atoms with Crippen LogP contribution in [-0.4, -0.2) is 57.4 Å². The lowest BCUT2D eigenvalue weighted by atomic mass is 10.2. The standard InChI is InChI=1S/C35H36O11/c1-4-32(36)43-22-8-6-20-41-27-14-10-25(11-15-27)34(38)45-29-18-19-30(31(24-29)40-3)46-35(39)26-12-16-28(17-13-26)42-21-7-9-23-44-33(37)5-2/h4-5,10-19,24H,1-2,6-9,20-23H2,3H3. The Hall–Kier alpha value is -5.58. The molecule has 0 saturated heterocycles. The molecule has 0 unspecified atom stereocenters. The molecule has 0 aromatic heterocycles. The predicted octanol–water partition coefficient (Wildman–Crippen LogP) is 5.91. The zero-order valence-corrected chi connectivity index (χ0v) is 25.6. The summed E-state index contributed by atoms with van der Waals surface area (Å²) >= 11 is 0. The zero-order chi connectivity index (χ0) is 33.1. The highest BCUT2D eigenvalue weighted by molar-refractivity contribution is 5.92. The van der Waals surface area contributed by atoms with Crippen LogP contribution in [0.3, 0.4) is 0 Å². The molecule has 0 heterocycles. The van der Waals surface area contributed by atoms with Gasteiger partial charge in [-0.1, -0.05) is 13.2 Å². The lowest BCUT2D eigenvalue weighted by Gasteiger charge is -2.12. The minimum absolute atomic E-state index is 0.144. The van der Waals surface area contributed by atoms with Gasteiger partial charge in [0.1, 0.15) is 17.2 Å². The van der Waals surface area contributed by atoms with E-state index in [4.69, 9.17) is 33.2 Å². The molecular formula is C35H36O11. The molecule has 0 bridgehead atoms. The number of hydrogen-bond donors (Lipinski definition) is 0. The van der Waals surface area contributed by atoms with Crippen LogP contribution in [0.25, 0.3) is 0 Å². The second kappa shape index (κ2) is 18.9. The van der Waals surface area contributed by atoms with E-state index < -0.39 is 23.9 Å². The van der Waals surface area contributed by atoms with Gasteiger partial charge in [0.25, 0.3) is 0 Å². The molecule has 3 aromatic carbocycles. The van der Waals surface area contributed by atoms with Crippen molar-refractivity contribution in [1.82, 2.24) is 0 Å². The monoisotopic (exact) mass is 632 g/mol. The molecule has 11 heteroatoms. The van der Waals surface area contributed by atoms with E-state index in [-0.39, 0.29) is 23.9 Å². The summed E-state index contributed by atoms with van der Waals surface area (Å²) in [6.45, 7) is 8.10. The third-order valence-corrected chi connectivity index (χ3v) is 6.17. The summed E-state index contributed by atoms with van der Waals surface area (Å²) in [5.74, 6) is -0.437. The highest BCUT2D eigenvalue weighted by Crippen LogP contribution is 2.32. The van der Waals surface area contributed by atoms with Gasteiger partial charge in [-0.15, -0.1) is 0 Å². The third kappa shape index (κ3) is 11.8. The van der Waals surface area contributed by atoms with Crippen molar-refractivity contribution < 1.29 is 52.3 Å². The van der Waals surface area contributed by atoms with E-state index in [1.165, 1.54) is 25.3 Å². The number of methoxy groups -OCH3 is 1. The molecule has 0 fully saturated rings. The van der Waals surface area contributed by atoms with Gasteiger partial charge < -0.3 is 33.2 Å². The van der Waals surface area contributed by atoms with Crippen LogP contribution in [0.4, 0.5) is 0 Å². The van der Waals surface area contributed by atoms with E-state index >= 15 is 0 Å². The van der Waals surface area contributed by atoms with Crippen molar-refractivity contribution in [1.29, 1.82) is 0 Å². The third-order valence-electron chi connectivity index (χ3n) is 6.17. The number of carbonyl (C=O) groups excluding carboxylic acids is 4. The minimum Gasteiger partial charge on any atom is -0.494 e. The summed E-state index contributed by atoms with van der Waals surface area (Å²) < 4.78 is 37.5. The predicted molar refractivity (Wildman–Crippen MR) is 168 cm³/mol. The average Bonchev–Trinajstić information content (AvgIpc) is 3.08. The van der Waals surface area contributed by atoms with Crippen molar-refractivity contribution in [3.05, 3.63) is 103 Å². The van der Waals surface area contributed by atoms with Crippen LogP contribution in [0.5, 0.6) is 28.7 Å². The summed E-state index contributed by atoms with van der Waals surface area (Å²) in [6.07, 6.45) is 4.89. The van der Waals surface area contributed by atoms with E-state index in [9.17, 15) is 19.2 Å². The lowest BCUT2D eigenvalue weighted by molar-refractivity contribution is -0.138. The Bertz CT molecular complexity index is 1480. The summed E-state index contributed by atoms with van der Waals surface area (Å²) in [4.78, 5) is 47.5. The Morgan fingerprint density at radius 1 is 0.565 bits per heavy atom. The molecule has 3 aromatic rings. The number of rotatable bonds is 19. The lowest BCUT2D eigenvalue weighted by Crippen LogP contribution is -2.11. The topological polar surface area (TPSA) is 133 Å². The molecule has 0 spiro atoms. The fourth-order valence-corrected chi connectivity index (χ4v) is 3.75. The van der Waals surface area contributed by atoms with E-state index in [0.29, 0.717) is 68.1 Å². The van der Waals surface area contributed by atoms with Gasteiger partial charge in [0.2, 0.25) is 0 Å². The largest absolute Gasteiger partial charge is 0.494 e. The fraction of sp³-hybridized carbons (Fsp3) is 0.257. The number of hydrogen-bond acceptors (Lipinski definition) is 11. The number of unbranched alkanes of at least 4 members (excludes halogenated alkanes) is 2. The summed E-state index contributed by atoms with van der Waals surface area (Å²) in [6, 6.07) is 17.3. The van der Waals surface area contributed by atoms with E-state index in [2.05, 4.69) is 13.2 Å². The second-order valence-corrected chi connectivity index (χ2v) is 9.49. The molecule has 0 aliphatic carbocycles. The van der Waals surface area contributed by atoms with Gasteiger partial charge in [0.05, 0.1) is 44.7 Å². The number of benzene rings is 3. The van der Waals surface area contributed by atoms with Crippen LogP contribution in [0, 0.1) is 0 Å². The van der Waals surface area contributed by atoms with Gasteiger partial charge in [0, 0.05) is 18.2 Å². The fourth-order valence-electron chi connectivity index (χ4n) is 3.75. The number of esters is 4. The van der Waals surface area contributed by atoms with Gasteiger partial charge in [-0.25, -0.2) is 19.2 Å². The van der Waals surface area contributed by atoms with Crippen molar-refractivity contribution in [2.24, 2.45) is 0 Å². The van der Waals surface area contributed by atoms with Crippen molar-refractivity contribution in [3.8, 4) is 28.7 Å². The van der Waals surface area contributed by atoms with Gasteiger partial charge >= 0.3 is 23.9 Å². The maximum atomic E-state index is 12.7. The Balaban J connectivity index is 1.45. The van der Waals surface area contributed by atoms with Crippen LogP contribution in [0.15, 0.2) is 92.0 Å². The Morgan fingerprint density at radius 3 is 1.46 bits per heavy atom. The zero-order valence-electron chi connectivity index (χ0n) is 25.6. The van der Waals surface area contributed by atoms with E-state index in [1.807, 2.05) is 0 Å². The molecule has 0 amide bonds. The molecular weight excluding hydrogens is 596 g/mol. The highest BCUT2D eigenvalue weighted by atomic mass is 16.6. The molecule has 3 rings (SSSR count). The van der Waals surface area contributed by atoms with Crippen LogP contribution in [0.2, 0.25) is 0 Å². The van der Waals surface area contributed by atoms with Crippen molar-refractivity contribution in [2.45, 2.75) is 25.7 Å². The molecule has 0 N–H and O–H groups in total. The maximum absolute atomic E-state index is 12.7. The highest BCUT2D eigenvalue weighted by Gasteiger charge is 2.16. The normalized spacial score (nSPS) is 10.2. The minimum atomic E-state index is -0.614. The molecule has 0 aliphatic rings. The Morgan fingerprint density at radius 2 is 1.00 bits per heavy atom. The molecule has 0 atom stereocenters. The smallest absolute Gasteiger partial charge is 0.343 e. The van der Waals surface area contributed by atoms with Crippen LogP contribution >= 0.6 is 0 Å². The van der Waals surface area contributed by atoms with Crippen molar-refractivity contribution in [2.75, 3.05) is 33.5 Å². The van der Waals surface area contributed by atoms with E-state index in [0.717, 1.165) is 12.2 Å². The van der Waals surface area contributed by atoms with Crippen molar-refractivity contribution >= 4 is 23.9 Å². The molecule has 0 aliphatic heterocycles. The maximum Gasteiger partial charge on any atom is 0.343 e. The summed E-state index contributed by atoms with van der Waals surface area (Å²) in [5, 5.41) is 0. The molecule has 0 saturated carbocycles. The summed E-state index contributed by atoms with van der Waals surface area (Å²) in [5.41, 5.74) is 0.599. The average molecular weight is 633 g/mol. The Kier molecular flexibility index (Phi) is 14.4. The van der Waals surface area contributed by atoms with Gasteiger partial charge in [-0.3, -0.25) is 0 Å².